The third kappa shape index (κ3) is 14.5. The maximum atomic E-state index is 3.57. The summed E-state index contributed by atoms with van der Waals surface area (Å²) in [6, 6.07) is 154. The second-order valence-corrected chi connectivity index (χ2v) is 36.4. The Bertz CT molecular complexity index is 5620. The van der Waals surface area contributed by atoms with Gasteiger partial charge >= 0.3 is 0 Å². The molecule has 2 nitrogen and oxygen atoms in total. The number of thiophene rings is 2. The number of hydrogen-bond donors (Lipinski definition) is 1. The Balaban J connectivity index is 0.000000146. The van der Waals surface area contributed by atoms with E-state index in [1.54, 1.807) is 0 Å². The molecule has 0 unspecified atom stereocenters. The van der Waals surface area contributed by atoms with Crippen molar-refractivity contribution in [3.63, 3.8) is 0 Å². The molecule has 2 heterocycles. The van der Waals surface area contributed by atoms with Crippen LogP contribution in [0, 0.1) is 0 Å². The minimum absolute atomic E-state index is 0. The van der Waals surface area contributed by atoms with Crippen LogP contribution in [0.15, 0.2) is 429 Å². The Hall–Kier alpha value is -11.5. The fraction of sp³-hybridized carbons (Fsp3) is 0.0103. The Morgan fingerprint density at radius 1 is 0.229 bits per heavy atom. The van der Waals surface area contributed by atoms with E-state index < -0.39 is 16.1 Å². The van der Waals surface area contributed by atoms with E-state index in [2.05, 4.69) is 445 Å². The molecule has 0 saturated carbocycles. The standard InChI is InChI=1S/C48H35NSSi.C30H25NSi.C18H11BrS.CH4.B/c1-6-16-36(17-7-1)37-26-32-47-45(34-37)46-35-40(29-33-48(46)50-47)49(38-18-8-2-9-19-38)39-27-30-44(31-28-39)51(41-20-10-3-11-21-41,42-22-12-4-13-23-42)43-24-14-5-15-25-43;1-5-13-25(14-6-1)31-26-21-23-30(24-22-26)32(27-15-7-2-8-16-27,28-17-9-3-10-18-28)29-19-11-4-12-20-29;19-14-7-9-18-16(11-14)15-10-13(6-8-17(15)20-18)12-4-2-1-3-5-12;;/h1-35H;1-24,31H;1-11H;1H4;. The lowest BCUT2D eigenvalue weighted by Crippen LogP contribution is -2.74. The van der Waals surface area contributed by atoms with Crippen molar-refractivity contribution in [1.29, 1.82) is 0 Å². The second-order valence-electron chi connectivity index (χ2n) is 25.7. The summed E-state index contributed by atoms with van der Waals surface area (Å²) in [4.78, 5) is 2.39. The number of benzene rings is 16. The van der Waals surface area contributed by atoms with Gasteiger partial charge in [0.25, 0.3) is 0 Å². The predicted molar refractivity (Wildman–Crippen MR) is 468 cm³/mol. The van der Waals surface area contributed by atoms with Crippen LogP contribution in [0.5, 0.6) is 0 Å². The van der Waals surface area contributed by atoms with E-state index in [4.69, 9.17) is 0 Å². The SMILES string of the molecule is Brc1ccc2sc3ccc(-c4ccccc4)cc3c2c1.C.[B].c1ccc(-c2ccc3sc4ccc(N(c5ccccc5)c5ccc([Si](c6ccccc6)(c6ccccc6)c6ccccc6)cc5)cc4c3c2)cc1.c1ccc(Nc2ccc([Si](c3ccccc3)(c3ccccc3)c3ccccc3)cc2)cc1. The van der Waals surface area contributed by atoms with E-state index in [9.17, 15) is 0 Å². The van der Waals surface area contributed by atoms with Crippen LogP contribution in [0.1, 0.15) is 7.43 Å². The van der Waals surface area contributed by atoms with E-state index >= 15 is 0 Å². The van der Waals surface area contributed by atoms with Crippen LogP contribution in [-0.4, -0.2) is 24.6 Å². The van der Waals surface area contributed by atoms with Crippen molar-refractivity contribution in [2.45, 2.75) is 7.43 Å². The van der Waals surface area contributed by atoms with Crippen molar-refractivity contribution in [3.8, 4) is 22.3 Å². The zero-order chi connectivity index (χ0) is 69.2. The van der Waals surface area contributed by atoms with Crippen LogP contribution in [0.2, 0.25) is 0 Å². The predicted octanol–water partition coefficient (Wildman–Crippen LogP) is 22.1. The minimum atomic E-state index is -2.62. The van der Waals surface area contributed by atoms with Gasteiger partial charge < -0.3 is 10.2 Å². The Labute approximate surface area is 637 Å². The molecule has 0 aliphatic heterocycles. The van der Waals surface area contributed by atoms with Gasteiger partial charge in [-0.1, -0.05) is 339 Å². The summed E-state index contributed by atoms with van der Waals surface area (Å²) < 4.78 is 6.43. The van der Waals surface area contributed by atoms with E-state index in [1.165, 1.54) is 104 Å². The van der Waals surface area contributed by atoms with Crippen LogP contribution in [0.4, 0.5) is 28.4 Å². The van der Waals surface area contributed by atoms with Gasteiger partial charge in [0.05, 0.1) is 0 Å². The molecule has 0 saturated heterocycles. The Kier molecular flexibility index (Phi) is 21.8. The first kappa shape index (κ1) is 70.6. The fourth-order valence-corrected chi connectivity index (χ4v) is 26.8. The van der Waals surface area contributed by atoms with Gasteiger partial charge in [0.15, 0.2) is 16.1 Å². The molecule has 1 N–H and O–H groups in total. The monoisotopic (exact) mass is 1480 g/mol. The van der Waals surface area contributed by atoms with Crippen molar-refractivity contribution in [2.24, 2.45) is 0 Å². The number of anilines is 5. The van der Waals surface area contributed by atoms with Gasteiger partial charge in [-0.25, -0.2) is 0 Å². The van der Waals surface area contributed by atoms with Crippen LogP contribution < -0.4 is 51.7 Å². The third-order valence-electron chi connectivity index (χ3n) is 19.6. The highest BCUT2D eigenvalue weighted by Crippen LogP contribution is 2.42. The second kappa shape index (κ2) is 32.5. The van der Waals surface area contributed by atoms with Crippen molar-refractivity contribution in [2.75, 3.05) is 10.2 Å². The molecule has 2 aromatic heterocycles. The topological polar surface area (TPSA) is 15.3 Å². The van der Waals surface area contributed by atoms with E-state index in [0.717, 1.165) is 32.9 Å². The van der Waals surface area contributed by atoms with Gasteiger partial charge in [-0.15, -0.1) is 22.7 Å². The van der Waals surface area contributed by atoms with E-state index in [0.29, 0.717) is 0 Å². The summed E-state index contributed by atoms with van der Waals surface area (Å²) in [7, 11) is -5.07. The number of nitrogens with zero attached hydrogens (tertiary/aromatic N) is 1. The largest absolute Gasteiger partial charge is 0.356 e. The van der Waals surface area contributed by atoms with Crippen molar-refractivity contribution < 1.29 is 0 Å². The first-order chi connectivity index (χ1) is 51.0. The molecule has 0 bridgehead atoms. The maximum absolute atomic E-state index is 3.57. The molecule has 0 aliphatic carbocycles. The van der Waals surface area contributed by atoms with Crippen molar-refractivity contribution >= 4 is 173 Å². The third-order valence-corrected chi connectivity index (χ3v) is 31.9. The number of halogens is 1. The summed E-state index contributed by atoms with van der Waals surface area (Å²) in [6.07, 6.45) is 0. The van der Waals surface area contributed by atoms with Gasteiger partial charge in [-0.3, -0.25) is 0 Å². The van der Waals surface area contributed by atoms with Gasteiger partial charge in [0.2, 0.25) is 0 Å². The molecule has 16 aromatic carbocycles. The molecule has 8 heteroatoms. The first-order valence-corrected chi connectivity index (χ1v) is 41.3. The molecule has 0 amide bonds. The molecule has 0 atom stereocenters. The average Bonchev–Trinajstić information content (AvgIpc) is 1.68. The van der Waals surface area contributed by atoms with Crippen molar-refractivity contribution in [3.05, 3.63) is 429 Å². The molecule has 0 spiro atoms. The van der Waals surface area contributed by atoms with Gasteiger partial charge in [0.1, 0.15) is 0 Å². The number of rotatable bonds is 15. The average molecular weight is 1480 g/mol. The Morgan fingerprint density at radius 3 is 0.876 bits per heavy atom. The molecular formula is C97H75BBrN2S2Si2. The number of nitrogens with one attached hydrogen (secondary N) is 1. The molecule has 0 fully saturated rings. The van der Waals surface area contributed by atoms with E-state index in [1.807, 2.05) is 28.7 Å². The van der Waals surface area contributed by atoms with Crippen LogP contribution in [0.3, 0.4) is 0 Å². The molecule has 3 radical (unpaired) electrons. The molecule has 18 aromatic rings. The maximum Gasteiger partial charge on any atom is 0.179 e. The van der Waals surface area contributed by atoms with Crippen molar-refractivity contribution in [1.82, 2.24) is 0 Å². The summed E-state index contributed by atoms with van der Waals surface area (Å²) in [5.41, 5.74) is 10.6. The number of hydrogen-bond acceptors (Lipinski definition) is 4. The Morgan fingerprint density at radius 2 is 0.495 bits per heavy atom. The zero-order valence-electron chi connectivity index (χ0n) is 57.1. The van der Waals surface area contributed by atoms with Gasteiger partial charge in [0, 0.05) is 81.7 Å². The molecule has 105 heavy (non-hydrogen) atoms. The molecule has 18 rings (SSSR count). The highest BCUT2D eigenvalue weighted by Gasteiger charge is 2.43. The molecular weight excluding hydrogens is 1400 g/mol. The van der Waals surface area contributed by atoms with Gasteiger partial charge in [-0.2, -0.15) is 0 Å². The lowest BCUT2D eigenvalue weighted by molar-refractivity contribution is 1.29. The normalized spacial score (nSPS) is 11.1. The summed E-state index contributed by atoms with van der Waals surface area (Å²) in [6.45, 7) is 0. The highest BCUT2D eigenvalue weighted by atomic mass is 79.9. The summed E-state index contributed by atoms with van der Waals surface area (Å²) >= 11 is 7.29. The lowest BCUT2D eigenvalue weighted by atomic mass is 10.0. The van der Waals surface area contributed by atoms with Crippen LogP contribution >= 0.6 is 38.6 Å². The van der Waals surface area contributed by atoms with E-state index in [-0.39, 0.29) is 15.8 Å². The highest BCUT2D eigenvalue weighted by molar-refractivity contribution is 9.10. The van der Waals surface area contributed by atoms with Gasteiger partial charge in [-0.05, 0) is 173 Å². The molecule has 0 aliphatic rings. The zero-order valence-corrected chi connectivity index (χ0v) is 62.4. The fourth-order valence-electron chi connectivity index (χ4n) is 14.8. The summed E-state index contributed by atoms with van der Waals surface area (Å²) in [5, 5.41) is 19.8. The number of para-hydroxylation sites is 2. The lowest BCUT2D eigenvalue weighted by Gasteiger charge is -2.35. The van der Waals surface area contributed by atoms with Crippen LogP contribution in [-0.2, 0) is 0 Å². The van der Waals surface area contributed by atoms with Crippen LogP contribution in [0.25, 0.3) is 62.6 Å². The smallest absolute Gasteiger partial charge is 0.179 e. The molecule has 503 valence electrons. The minimum Gasteiger partial charge on any atom is -0.356 e. The first-order valence-electron chi connectivity index (χ1n) is 34.9. The number of fused-ring (bicyclic) bond motifs is 6. The quantitative estimate of drug-likeness (QED) is 0.0813. The summed E-state index contributed by atoms with van der Waals surface area (Å²) in [5.74, 6) is 0.